The first-order valence-corrected chi connectivity index (χ1v) is 7.17. The van der Waals surface area contributed by atoms with Crippen molar-refractivity contribution >= 4 is 37.8 Å². The fourth-order valence-corrected chi connectivity index (χ4v) is 2.29. The predicted octanol–water partition coefficient (Wildman–Crippen LogP) is 3.48. The normalized spacial score (nSPS) is 9.47. The molecule has 0 aliphatic carbocycles. The molecule has 0 radical (unpaired) electrons. The first kappa shape index (κ1) is 15.7. The first-order valence-electron chi connectivity index (χ1n) is 5.58. The minimum absolute atomic E-state index is 0.182. The van der Waals surface area contributed by atoms with Crippen LogP contribution in [0.25, 0.3) is 0 Å². The molecule has 0 aliphatic heterocycles. The monoisotopic (exact) mass is 383 g/mol. The summed E-state index contributed by atoms with van der Waals surface area (Å²) in [5, 5.41) is 17.2. The highest BCUT2D eigenvalue weighted by molar-refractivity contribution is 9.11. The summed E-state index contributed by atoms with van der Waals surface area (Å²) >= 11 is 6.66. The second-order valence-corrected chi connectivity index (χ2v) is 5.50. The van der Waals surface area contributed by atoms with E-state index in [1.54, 1.807) is 12.1 Å². The third-order valence-corrected chi connectivity index (χ3v) is 3.62. The zero-order valence-corrected chi connectivity index (χ0v) is 13.2. The highest BCUT2D eigenvalue weighted by atomic mass is 79.9. The Morgan fingerprint density at radius 3 is 2.26 bits per heavy atom. The molecule has 0 saturated carbocycles. The van der Waals surface area contributed by atoms with E-state index in [9.17, 15) is 4.79 Å². The number of hydrogen-bond donors (Lipinski definition) is 0. The Bertz CT molecular complexity index is 528. The van der Waals surface area contributed by atoms with Gasteiger partial charge in [0.15, 0.2) is 0 Å². The first-order chi connectivity index (χ1) is 9.10. The Balaban J connectivity index is 2.94. The molecule has 1 amide bonds. The molecule has 1 aromatic carbocycles. The molecule has 98 valence electrons. The Morgan fingerprint density at radius 1 is 1.16 bits per heavy atom. The standard InChI is InChI=1S/C13H11Br2N3O/c14-10-3-4-12(15)11(9-10)13(19)18(7-1-5-16)8-2-6-17/h3-4,9H,1-2,7-8H2. The minimum atomic E-state index is -0.182. The Labute approximate surface area is 128 Å². The van der Waals surface area contributed by atoms with E-state index in [1.165, 1.54) is 4.90 Å². The molecule has 1 rings (SSSR count). The largest absolute Gasteiger partial charge is 0.337 e. The quantitative estimate of drug-likeness (QED) is 0.780. The van der Waals surface area contributed by atoms with E-state index >= 15 is 0 Å². The molecule has 0 N–H and O–H groups in total. The van der Waals surface area contributed by atoms with Gasteiger partial charge >= 0.3 is 0 Å². The van der Waals surface area contributed by atoms with Gasteiger partial charge < -0.3 is 4.90 Å². The van der Waals surface area contributed by atoms with E-state index in [1.807, 2.05) is 18.2 Å². The van der Waals surface area contributed by atoms with Crippen molar-refractivity contribution in [3.63, 3.8) is 0 Å². The third kappa shape index (κ3) is 4.66. The van der Waals surface area contributed by atoms with Crippen LogP contribution in [0, 0.1) is 22.7 Å². The maximum absolute atomic E-state index is 12.4. The van der Waals surface area contributed by atoms with Gasteiger partial charge in [-0.25, -0.2) is 0 Å². The van der Waals surface area contributed by atoms with Gasteiger partial charge in [-0.2, -0.15) is 10.5 Å². The second-order valence-electron chi connectivity index (χ2n) is 3.73. The second kappa shape index (κ2) is 7.93. The van der Waals surface area contributed by atoms with Crippen LogP contribution in [0.5, 0.6) is 0 Å². The van der Waals surface area contributed by atoms with Crippen molar-refractivity contribution in [3.8, 4) is 12.1 Å². The van der Waals surface area contributed by atoms with E-state index < -0.39 is 0 Å². The lowest BCUT2D eigenvalue weighted by Gasteiger charge is -2.21. The van der Waals surface area contributed by atoms with Gasteiger partial charge in [0.1, 0.15) is 0 Å². The summed E-state index contributed by atoms with van der Waals surface area (Å²) in [7, 11) is 0. The van der Waals surface area contributed by atoms with Crippen LogP contribution in [0.2, 0.25) is 0 Å². The molecule has 0 heterocycles. The minimum Gasteiger partial charge on any atom is -0.337 e. The summed E-state index contributed by atoms with van der Waals surface area (Å²) in [6, 6.07) is 9.35. The molecule has 0 aromatic heterocycles. The van der Waals surface area contributed by atoms with E-state index in [0.717, 1.165) is 4.47 Å². The SMILES string of the molecule is N#CCCN(CCC#N)C(=O)c1cc(Br)ccc1Br. The molecular weight excluding hydrogens is 374 g/mol. The van der Waals surface area contributed by atoms with Crippen molar-refractivity contribution in [2.75, 3.05) is 13.1 Å². The molecule has 0 unspecified atom stereocenters. The highest BCUT2D eigenvalue weighted by Gasteiger charge is 2.18. The molecule has 0 fully saturated rings. The zero-order valence-electron chi connectivity index (χ0n) is 10.1. The number of rotatable bonds is 5. The predicted molar refractivity (Wildman–Crippen MR) is 78.2 cm³/mol. The lowest BCUT2D eigenvalue weighted by atomic mass is 10.2. The van der Waals surface area contributed by atoms with Crippen LogP contribution < -0.4 is 0 Å². The molecular formula is C13H11Br2N3O. The number of hydrogen-bond acceptors (Lipinski definition) is 3. The van der Waals surface area contributed by atoms with Crippen molar-refractivity contribution in [2.45, 2.75) is 12.8 Å². The van der Waals surface area contributed by atoms with Gasteiger partial charge in [0.25, 0.3) is 5.91 Å². The van der Waals surface area contributed by atoms with Gasteiger partial charge in [0.2, 0.25) is 0 Å². The number of carbonyl (C=O) groups excluding carboxylic acids is 1. The number of nitriles is 2. The fraction of sp³-hybridized carbons (Fsp3) is 0.308. The number of carbonyl (C=O) groups is 1. The number of halogens is 2. The molecule has 19 heavy (non-hydrogen) atoms. The van der Waals surface area contributed by atoms with Crippen LogP contribution in [0.4, 0.5) is 0 Å². The van der Waals surface area contributed by atoms with Gasteiger partial charge in [-0.1, -0.05) is 15.9 Å². The van der Waals surface area contributed by atoms with Crippen LogP contribution >= 0.6 is 31.9 Å². The van der Waals surface area contributed by atoms with Crippen molar-refractivity contribution in [1.29, 1.82) is 10.5 Å². The number of amides is 1. The molecule has 4 nitrogen and oxygen atoms in total. The van der Waals surface area contributed by atoms with Gasteiger partial charge in [-0.15, -0.1) is 0 Å². The van der Waals surface area contributed by atoms with Crippen LogP contribution in [-0.2, 0) is 0 Å². The fourth-order valence-electron chi connectivity index (χ4n) is 1.52. The molecule has 0 spiro atoms. The van der Waals surface area contributed by atoms with Crippen molar-refractivity contribution in [3.05, 3.63) is 32.7 Å². The van der Waals surface area contributed by atoms with Gasteiger partial charge in [0, 0.05) is 22.0 Å². The van der Waals surface area contributed by atoms with E-state index in [4.69, 9.17) is 10.5 Å². The lowest BCUT2D eigenvalue weighted by molar-refractivity contribution is 0.0761. The van der Waals surface area contributed by atoms with E-state index in [2.05, 4.69) is 31.9 Å². The topological polar surface area (TPSA) is 67.9 Å². The van der Waals surface area contributed by atoms with E-state index in [0.29, 0.717) is 23.1 Å². The lowest BCUT2D eigenvalue weighted by Crippen LogP contribution is -2.33. The maximum atomic E-state index is 12.4. The smallest absolute Gasteiger partial charge is 0.255 e. The third-order valence-electron chi connectivity index (χ3n) is 2.43. The highest BCUT2D eigenvalue weighted by Crippen LogP contribution is 2.23. The summed E-state index contributed by atoms with van der Waals surface area (Å²) in [5.41, 5.74) is 0.519. The van der Waals surface area contributed by atoms with Crippen LogP contribution in [0.3, 0.4) is 0 Å². The number of benzene rings is 1. The Kier molecular flexibility index (Phi) is 6.55. The van der Waals surface area contributed by atoms with Crippen LogP contribution in [0.15, 0.2) is 27.1 Å². The van der Waals surface area contributed by atoms with Crippen LogP contribution in [0.1, 0.15) is 23.2 Å². The van der Waals surface area contributed by atoms with Gasteiger partial charge in [-0.05, 0) is 34.1 Å². The van der Waals surface area contributed by atoms with Crippen molar-refractivity contribution in [1.82, 2.24) is 4.90 Å². The molecule has 0 aliphatic rings. The van der Waals surface area contributed by atoms with Gasteiger partial charge in [0.05, 0.1) is 30.5 Å². The summed E-state index contributed by atoms with van der Waals surface area (Å²) < 4.78 is 1.50. The molecule has 1 aromatic rings. The van der Waals surface area contributed by atoms with Crippen molar-refractivity contribution in [2.24, 2.45) is 0 Å². The number of nitrogens with zero attached hydrogens (tertiary/aromatic N) is 3. The summed E-state index contributed by atoms with van der Waals surface area (Å²) in [4.78, 5) is 13.9. The zero-order chi connectivity index (χ0) is 14.3. The maximum Gasteiger partial charge on any atom is 0.255 e. The molecule has 6 heteroatoms. The Hall–Kier alpha value is -1.37. The summed E-state index contributed by atoms with van der Waals surface area (Å²) in [5.74, 6) is -0.182. The molecule has 0 atom stereocenters. The summed E-state index contributed by atoms with van der Waals surface area (Å²) in [6.07, 6.45) is 0.506. The van der Waals surface area contributed by atoms with E-state index in [-0.39, 0.29) is 18.7 Å². The molecule has 0 saturated heterocycles. The van der Waals surface area contributed by atoms with Crippen molar-refractivity contribution < 1.29 is 4.79 Å². The average molecular weight is 385 g/mol. The summed E-state index contributed by atoms with van der Waals surface area (Å²) in [6.45, 7) is 0.659. The Morgan fingerprint density at radius 2 is 1.74 bits per heavy atom. The molecule has 0 bridgehead atoms. The van der Waals surface area contributed by atoms with Gasteiger partial charge in [-0.3, -0.25) is 4.79 Å². The van der Waals surface area contributed by atoms with Crippen LogP contribution in [-0.4, -0.2) is 23.9 Å². The average Bonchev–Trinajstić information content (AvgIpc) is 2.41.